The van der Waals surface area contributed by atoms with E-state index in [1.165, 1.54) is 4.90 Å². The zero-order valence-corrected chi connectivity index (χ0v) is 18.0. The molecule has 0 radical (unpaired) electrons. The Kier molecular flexibility index (Phi) is 17.6. The second-order valence-electron chi connectivity index (χ2n) is 6.59. The summed E-state index contributed by atoms with van der Waals surface area (Å²) in [7, 11) is 1.59. The molecule has 0 aromatic rings. The first-order chi connectivity index (χ1) is 15.3. The number of rotatable bonds is 18. The molecule has 0 aromatic heterocycles. The highest BCUT2D eigenvalue weighted by molar-refractivity contribution is 5.73. The first kappa shape index (κ1) is 31.8. The lowest BCUT2D eigenvalue weighted by Gasteiger charge is -2.27. The largest absolute Gasteiger partial charge is 0.480 e. The molecule has 0 saturated heterocycles. The molecule has 0 heterocycles. The minimum absolute atomic E-state index is 0.000836. The number of carboxylic acids is 6. The SMILES string of the molecule is CNCC(=O)O.O=C(O)CN(CCN(CC(=O)O)CC(=O)O)CCN(CC(=O)O)CC(=O)O. The molecule has 0 unspecified atom stereocenters. The highest BCUT2D eigenvalue weighted by atomic mass is 16.4. The van der Waals surface area contributed by atoms with Crippen molar-refractivity contribution in [3.8, 4) is 0 Å². The molecule has 0 amide bonds. The fraction of sp³-hybridized carbons (Fsp3) is 0.647. The van der Waals surface area contributed by atoms with Crippen molar-refractivity contribution in [1.82, 2.24) is 20.0 Å². The van der Waals surface area contributed by atoms with Crippen LogP contribution in [0.15, 0.2) is 0 Å². The minimum Gasteiger partial charge on any atom is -0.480 e. The highest BCUT2D eigenvalue weighted by Crippen LogP contribution is 1.97. The Labute approximate surface area is 188 Å². The van der Waals surface area contributed by atoms with Crippen LogP contribution >= 0.6 is 0 Å². The summed E-state index contributed by atoms with van der Waals surface area (Å²) in [5.41, 5.74) is 0. The van der Waals surface area contributed by atoms with Gasteiger partial charge in [-0.3, -0.25) is 43.5 Å². The highest BCUT2D eigenvalue weighted by Gasteiger charge is 2.19. The van der Waals surface area contributed by atoms with E-state index >= 15 is 0 Å². The molecule has 0 saturated carbocycles. The van der Waals surface area contributed by atoms with Gasteiger partial charge in [-0.15, -0.1) is 0 Å². The third-order valence-corrected chi connectivity index (χ3v) is 3.59. The van der Waals surface area contributed by atoms with Crippen LogP contribution in [0.1, 0.15) is 0 Å². The summed E-state index contributed by atoms with van der Waals surface area (Å²) >= 11 is 0. The van der Waals surface area contributed by atoms with Crippen molar-refractivity contribution in [2.24, 2.45) is 0 Å². The van der Waals surface area contributed by atoms with Gasteiger partial charge in [-0.1, -0.05) is 0 Å². The van der Waals surface area contributed by atoms with Crippen LogP contribution < -0.4 is 5.32 Å². The van der Waals surface area contributed by atoms with Crippen LogP contribution in [-0.4, -0.2) is 154 Å². The number of nitrogens with one attached hydrogen (secondary N) is 1. The van der Waals surface area contributed by atoms with E-state index in [1.807, 2.05) is 0 Å². The fourth-order valence-corrected chi connectivity index (χ4v) is 2.37. The molecular formula is C17H30N4O12. The second kappa shape index (κ2) is 18.3. The number of nitrogens with zero attached hydrogens (tertiary/aromatic N) is 3. The molecule has 33 heavy (non-hydrogen) atoms. The monoisotopic (exact) mass is 482 g/mol. The maximum Gasteiger partial charge on any atom is 0.317 e. The summed E-state index contributed by atoms with van der Waals surface area (Å²) in [4.78, 5) is 67.1. The normalized spacial score (nSPS) is 10.5. The molecule has 7 N–H and O–H groups in total. The molecule has 0 aliphatic carbocycles. The fourth-order valence-electron chi connectivity index (χ4n) is 2.37. The lowest BCUT2D eigenvalue weighted by atomic mass is 10.3. The molecule has 16 nitrogen and oxygen atoms in total. The molecule has 0 aromatic carbocycles. The average molecular weight is 482 g/mol. The Bertz CT molecular complexity index is 600. The van der Waals surface area contributed by atoms with Crippen molar-refractivity contribution in [2.75, 3.05) is 72.5 Å². The molecule has 0 bridgehead atoms. The quantitative estimate of drug-likeness (QED) is 0.101. The van der Waals surface area contributed by atoms with E-state index in [-0.39, 0.29) is 32.7 Å². The molecule has 0 fully saturated rings. The van der Waals surface area contributed by atoms with Crippen molar-refractivity contribution >= 4 is 35.8 Å². The van der Waals surface area contributed by atoms with Crippen LogP contribution in [0.2, 0.25) is 0 Å². The summed E-state index contributed by atoms with van der Waals surface area (Å²) in [5, 5.41) is 54.4. The van der Waals surface area contributed by atoms with Gasteiger partial charge in [-0.05, 0) is 7.05 Å². The Morgan fingerprint density at radius 1 is 0.485 bits per heavy atom. The van der Waals surface area contributed by atoms with Gasteiger partial charge in [0.1, 0.15) is 0 Å². The second-order valence-corrected chi connectivity index (χ2v) is 6.59. The molecule has 0 aliphatic heterocycles. The van der Waals surface area contributed by atoms with E-state index in [0.29, 0.717) is 0 Å². The molecule has 0 atom stereocenters. The predicted octanol–water partition coefficient (Wildman–Crippen LogP) is -3.39. The first-order valence-corrected chi connectivity index (χ1v) is 9.39. The van der Waals surface area contributed by atoms with E-state index < -0.39 is 68.5 Å². The van der Waals surface area contributed by atoms with Gasteiger partial charge in [0.2, 0.25) is 0 Å². The summed E-state index contributed by atoms with van der Waals surface area (Å²) in [5.74, 6) is -6.98. The Morgan fingerprint density at radius 3 is 0.909 bits per heavy atom. The van der Waals surface area contributed by atoms with Gasteiger partial charge in [0.15, 0.2) is 0 Å². The lowest BCUT2D eigenvalue weighted by molar-refractivity contribution is -0.143. The van der Waals surface area contributed by atoms with Crippen LogP contribution in [0.25, 0.3) is 0 Å². The van der Waals surface area contributed by atoms with Crippen molar-refractivity contribution in [1.29, 1.82) is 0 Å². The molecule has 0 aliphatic rings. The summed E-state index contributed by atoms with van der Waals surface area (Å²) in [6, 6.07) is 0. The number of hydrogen-bond acceptors (Lipinski definition) is 10. The smallest absolute Gasteiger partial charge is 0.317 e. The summed E-state index contributed by atoms with van der Waals surface area (Å²) < 4.78 is 0. The summed E-state index contributed by atoms with van der Waals surface area (Å²) in [6.07, 6.45) is 0. The Balaban J connectivity index is 0. The Hall–Kier alpha value is -3.34. The zero-order chi connectivity index (χ0) is 26.0. The third-order valence-electron chi connectivity index (χ3n) is 3.59. The summed E-state index contributed by atoms with van der Waals surface area (Å²) in [6.45, 7) is -2.69. The van der Waals surface area contributed by atoms with Gasteiger partial charge in [0, 0.05) is 26.2 Å². The molecule has 0 spiro atoms. The average Bonchev–Trinajstić information content (AvgIpc) is 2.61. The first-order valence-electron chi connectivity index (χ1n) is 9.39. The topological polar surface area (TPSA) is 246 Å². The van der Waals surface area contributed by atoms with E-state index in [1.54, 1.807) is 7.05 Å². The van der Waals surface area contributed by atoms with Crippen LogP contribution in [0.3, 0.4) is 0 Å². The molecule has 16 heteroatoms. The maximum absolute atomic E-state index is 11.0. The van der Waals surface area contributed by atoms with Crippen LogP contribution in [-0.2, 0) is 28.8 Å². The standard InChI is InChI=1S/C14H23N3O10.C3H7NO2/c18-10(19)5-15(1-3-16(6-11(20)21)7-12(22)23)2-4-17(8-13(24)25)9-14(26)27;1-4-2-3(5)6/h1-9H2,(H,18,19)(H,20,21)(H,22,23)(H,24,25)(H,26,27);4H,2H2,1H3,(H,5,6). The zero-order valence-electron chi connectivity index (χ0n) is 18.0. The number of likely N-dealkylation sites (N-methyl/N-ethyl adjacent to an activating group) is 1. The predicted molar refractivity (Wildman–Crippen MR) is 109 cm³/mol. The number of aliphatic carboxylic acids is 6. The molecule has 0 rings (SSSR count). The van der Waals surface area contributed by atoms with Gasteiger partial charge >= 0.3 is 35.8 Å². The van der Waals surface area contributed by atoms with Crippen LogP contribution in [0.5, 0.6) is 0 Å². The van der Waals surface area contributed by atoms with Gasteiger partial charge < -0.3 is 36.0 Å². The van der Waals surface area contributed by atoms with Crippen molar-refractivity contribution in [2.45, 2.75) is 0 Å². The van der Waals surface area contributed by atoms with Crippen molar-refractivity contribution in [3.63, 3.8) is 0 Å². The van der Waals surface area contributed by atoms with Gasteiger partial charge in [-0.2, -0.15) is 0 Å². The third kappa shape index (κ3) is 23.2. The van der Waals surface area contributed by atoms with Crippen molar-refractivity contribution in [3.05, 3.63) is 0 Å². The maximum atomic E-state index is 11.0. The van der Waals surface area contributed by atoms with Crippen LogP contribution in [0, 0.1) is 0 Å². The van der Waals surface area contributed by atoms with E-state index in [2.05, 4.69) is 5.32 Å². The molecular weight excluding hydrogens is 452 g/mol. The van der Waals surface area contributed by atoms with Gasteiger partial charge in [0.05, 0.1) is 39.3 Å². The molecule has 190 valence electrons. The number of carboxylic acid groups (broad SMARTS) is 6. The number of carbonyl (C=O) groups is 6. The van der Waals surface area contributed by atoms with Gasteiger partial charge in [0.25, 0.3) is 0 Å². The lowest BCUT2D eigenvalue weighted by Crippen LogP contribution is -2.45. The van der Waals surface area contributed by atoms with E-state index in [0.717, 1.165) is 9.80 Å². The van der Waals surface area contributed by atoms with Gasteiger partial charge in [-0.25, -0.2) is 0 Å². The minimum atomic E-state index is -1.24. The number of hydrogen-bond donors (Lipinski definition) is 7. The van der Waals surface area contributed by atoms with Crippen molar-refractivity contribution < 1.29 is 59.4 Å². The Morgan fingerprint density at radius 2 is 0.727 bits per heavy atom. The van der Waals surface area contributed by atoms with E-state index in [4.69, 9.17) is 30.6 Å². The van der Waals surface area contributed by atoms with E-state index in [9.17, 15) is 28.8 Å². The van der Waals surface area contributed by atoms with Crippen LogP contribution in [0.4, 0.5) is 0 Å².